The first-order valence-electron chi connectivity index (χ1n) is 7.22. The van der Waals surface area contributed by atoms with Crippen molar-refractivity contribution in [2.24, 2.45) is 5.73 Å². The number of benzene rings is 1. The Balaban J connectivity index is 0.00000176. The number of thioether (sulfide) groups is 1. The van der Waals surface area contributed by atoms with Gasteiger partial charge in [-0.3, -0.25) is 9.59 Å². The first-order chi connectivity index (χ1) is 10.1. The molecular weight excluding hydrogens is 322 g/mol. The molecule has 0 radical (unpaired) electrons. The lowest BCUT2D eigenvalue weighted by molar-refractivity contribution is -0.115. The Morgan fingerprint density at radius 1 is 1.50 bits per heavy atom. The molecule has 0 bridgehead atoms. The van der Waals surface area contributed by atoms with Crippen molar-refractivity contribution in [3.63, 3.8) is 0 Å². The molecule has 5 nitrogen and oxygen atoms in total. The van der Waals surface area contributed by atoms with Gasteiger partial charge in [-0.15, -0.1) is 24.2 Å². The van der Waals surface area contributed by atoms with Crippen molar-refractivity contribution in [2.45, 2.75) is 36.0 Å². The van der Waals surface area contributed by atoms with Crippen LogP contribution in [0.25, 0.3) is 0 Å². The van der Waals surface area contributed by atoms with E-state index in [9.17, 15) is 9.59 Å². The minimum Gasteiger partial charge on any atom is -0.334 e. The molecule has 22 heavy (non-hydrogen) atoms. The van der Waals surface area contributed by atoms with Crippen LogP contribution in [0.5, 0.6) is 0 Å². The summed E-state index contributed by atoms with van der Waals surface area (Å²) < 4.78 is 0. The molecule has 2 heterocycles. The van der Waals surface area contributed by atoms with Crippen molar-refractivity contribution in [1.29, 1.82) is 0 Å². The number of hydrogen-bond donors (Lipinski definition) is 2. The van der Waals surface area contributed by atoms with Gasteiger partial charge in [0.25, 0.3) is 5.91 Å². The lowest BCUT2D eigenvalue weighted by Gasteiger charge is -2.25. The summed E-state index contributed by atoms with van der Waals surface area (Å²) in [6, 6.07) is 5.67. The smallest absolute Gasteiger partial charge is 0.254 e. The number of fused-ring (bicyclic) bond motifs is 1. The number of nitrogens with one attached hydrogen (secondary N) is 1. The van der Waals surface area contributed by atoms with Gasteiger partial charge in [0.1, 0.15) is 0 Å². The molecule has 0 spiro atoms. The number of carbonyl (C=O) groups excluding carboxylic acids is 2. The maximum Gasteiger partial charge on any atom is 0.254 e. The van der Waals surface area contributed by atoms with Crippen LogP contribution in [0.2, 0.25) is 0 Å². The topological polar surface area (TPSA) is 75.4 Å². The van der Waals surface area contributed by atoms with Crippen LogP contribution < -0.4 is 11.1 Å². The maximum atomic E-state index is 12.6. The molecule has 0 aromatic heterocycles. The number of anilines is 1. The molecule has 1 aromatic carbocycles. The second-order valence-corrected chi connectivity index (χ2v) is 6.87. The molecule has 1 saturated heterocycles. The number of nitrogens with two attached hydrogens (primary N) is 1. The van der Waals surface area contributed by atoms with E-state index in [2.05, 4.69) is 5.32 Å². The van der Waals surface area contributed by atoms with Crippen LogP contribution in [0.15, 0.2) is 23.1 Å². The largest absolute Gasteiger partial charge is 0.334 e. The summed E-state index contributed by atoms with van der Waals surface area (Å²) in [7, 11) is 0. The Bertz CT molecular complexity index is 596. The summed E-state index contributed by atoms with van der Waals surface area (Å²) in [6.07, 6.45) is 1.97. The van der Waals surface area contributed by atoms with Crippen LogP contribution in [-0.2, 0) is 4.79 Å². The third-order valence-electron chi connectivity index (χ3n) is 4.07. The van der Waals surface area contributed by atoms with Crippen molar-refractivity contribution in [3.8, 4) is 0 Å². The highest BCUT2D eigenvalue weighted by Crippen LogP contribution is 2.36. The first kappa shape index (κ1) is 17.1. The highest BCUT2D eigenvalue weighted by atomic mass is 35.5. The van der Waals surface area contributed by atoms with E-state index in [1.54, 1.807) is 6.07 Å². The predicted octanol–water partition coefficient (Wildman–Crippen LogP) is 2.10. The lowest BCUT2D eigenvalue weighted by atomic mass is 10.1. The monoisotopic (exact) mass is 341 g/mol. The van der Waals surface area contributed by atoms with Crippen LogP contribution in [0.1, 0.15) is 30.1 Å². The van der Waals surface area contributed by atoms with Gasteiger partial charge in [0.2, 0.25) is 5.91 Å². The predicted molar refractivity (Wildman–Crippen MR) is 90.8 cm³/mol. The van der Waals surface area contributed by atoms with Crippen LogP contribution >= 0.6 is 24.2 Å². The van der Waals surface area contributed by atoms with Crippen LogP contribution in [0, 0.1) is 0 Å². The average molecular weight is 342 g/mol. The standard InChI is InChI=1S/C15H19N3O2S.ClH/c1-9-14(19)17-12-7-10(4-5-13(12)21-9)15(20)18-6-2-3-11(18)8-16;/h4-5,7,9,11H,2-3,6,8,16H2,1H3,(H,17,19);1H. The fourth-order valence-corrected chi connectivity index (χ4v) is 3.79. The van der Waals surface area contributed by atoms with Crippen molar-refractivity contribution >= 4 is 41.7 Å². The highest BCUT2D eigenvalue weighted by molar-refractivity contribution is 8.00. The molecule has 2 aliphatic rings. The van der Waals surface area contributed by atoms with Gasteiger partial charge in [0, 0.05) is 29.6 Å². The zero-order chi connectivity index (χ0) is 15.0. The summed E-state index contributed by atoms with van der Waals surface area (Å²) in [6.45, 7) is 3.13. The van der Waals surface area contributed by atoms with E-state index in [0.717, 1.165) is 30.0 Å². The minimum atomic E-state index is -0.0979. The summed E-state index contributed by atoms with van der Waals surface area (Å²) in [5.74, 6) is -0.0123. The summed E-state index contributed by atoms with van der Waals surface area (Å²) in [5, 5.41) is 2.77. The molecular formula is C15H20ClN3O2S. The van der Waals surface area contributed by atoms with E-state index in [1.165, 1.54) is 11.8 Å². The Morgan fingerprint density at radius 2 is 2.27 bits per heavy atom. The first-order valence-corrected chi connectivity index (χ1v) is 8.10. The summed E-state index contributed by atoms with van der Waals surface area (Å²) >= 11 is 1.52. The van der Waals surface area contributed by atoms with E-state index < -0.39 is 0 Å². The summed E-state index contributed by atoms with van der Waals surface area (Å²) in [4.78, 5) is 27.2. The Hall–Kier alpha value is -1.24. The zero-order valence-corrected chi connectivity index (χ0v) is 14.0. The molecule has 0 aliphatic carbocycles. The molecule has 3 rings (SSSR count). The second-order valence-electron chi connectivity index (χ2n) is 5.49. The van der Waals surface area contributed by atoms with Crippen LogP contribution in [-0.4, -0.2) is 41.1 Å². The van der Waals surface area contributed by atoms with E-state index in [-0.39, 0.29) is 35.5 Å². The number of hydrogen-bond acceptors (Lipinski definition) is 4. The third-order valence-corrected chi connectivity index (χ3v) is 5.24. The van der Waals surface area contributed by atoms with Crippen LogP contribution in [0.3, 0.4) is 0 Å². The Morgan fingerprint density at radius 3 is 3.00 bits per heavy atom. The number of amides is 2. The normalized spacial score (nSPS) is 23.5. The molecule has 120 valence electrons. The van der Waals surface area contributed by atoms with E-state index in [1.807, 2.05) is 24.0 Å². The van der Waals surface area contributed by atoms with E-state index in [4.69, 9.17) is 5.73 Å². The third kappa shape index (κ3) is 3.09. The Kier molecular flexibility index (Phi) is 5.36. The van der Waals surface area contributed by atoms with Crippen molar-refractivity contribution in [1.82, 2.24) is 4.90 Å². The fraction of sp³-hybridized carbons (Fsp3) is 0.467. The number of halogens is 1. The molecule has 2 atom stereocenters. The molecule has 3 N–H and O–H groups in total. The van der Waals surface area contributed by atoms with Crippen LogP contribution in [0.4, 0.5) is 5.69 Å². The quantitative estimate of drug-likeness (QED) is 0.863. The molecule has 1 fully saturated rings. The fourth-order valence-electron chi connectivity index (χ4n) is 2.86. The zero-order valence-electron chi connectivity index (χ0n) is 12.4. The summed E-state index contributed by atoms with van der Waals surface area (Å²) in [5.41, 5.74) is 7.08. The van der Waals surface area contributed by atoms with Gasteiger partial charge < -0.3 is 16.0 Å². The maximum absolute atomic E-state index is 12.6. The van der Waals surface area contributed by atoms with Gasteiger partial charge in [0.15, 0.2) is 0 Å². The van der Waals surface area contributed by atoms with Crippen molar-refractivity contribution < 1.29 is 9.59 Å². The van der Waals surface area contributed by atoms with Gasteiger partial charge in [0.05, 0.1) is 10.9 Å². The van der Waals surface area contributed by atoms with Gasteiger partial charge in [-0.2, -0.15) is 0 Å². The number of carbonyl (C=O) groups is 2. The van der Waals surface area contributed by atoms with E-state index >= 15 is 0 Å². The number of rotatable bonds is 2. The molecule has 2 aliphatic heterocycles. The molecule has 7 heteroatoms. The highest BCUT2D eigenvalue weighted by Gasteiger charge is 2.29. The molecule has 2 amide bonds. The lowest BCUT2D eigenvalue weighted by Crippen LogP contribution is -2.40. The second kappa shape index (κ2) is 6.89. The molecule has 2 unspecified atom stereocenters. The van der Waals surface area contributed by atoms with Crippen molar-refractivity contribution in [2.75, 3.05) is 18.4 Å². The van der Waals surface area contributed by atoms with Crippen molar-refractivity contribution in [3.05, 3.63) is 23.8 Å². The van der Waals surface area contributed by atoms with Gasteiger partial charge >= 0.3 is 0 Å². The SMILES string of the molecule is CC1Sc2ccc(C(=O)N3CCCC3CN)cc2NC1=O.Cl. The van der Waals surface area contributed by atoms with E-state index in [0.29, 0.717) is 12.1 Å². The van der Waals surface area contributed by atoms with Gasteiger partial charge in [-0.1, -0.05) is 0 Å². The van der Waals surface area contributed by atoms with Gasteiger partial charge in [-0.05, 0) is 38.0 Å². The molecule has 0 saturated carbocycles. The number of nitrogens with zero attached hydrogens (tertiary/aromatic N) is 1. The minimum absolute atomic E-state index is 0. The molecule has 1 aromatic rings. The Labute approximate surface area is 140 Å². The average Bonchev–Trinajstić information content (AvgIpc) is 2.95. The number of likely N-dealkylation sites (tertiary alicyclic amines) is 1. The van der Waals surface area contributed by atoms with Gasteiger partial charge in [-0.25, -0.2) is 0 Å².